The van der Waals surface area contributed by atoms with Gasteiger partial charge in [-0.25, -0.2) is 9.37 Å². The number of nitrogens with zero attached hydrogens (tertiary/aromatic N) is 1. The van der Waals surface area contributed by atoms with E-state index in [2.05, 4.69) is 29.5 Å². The predicted molar refractivity (Wildman–Crippen MR) is 84.0 cm³/mol. The van der Waals surface area contributed by atoms with Crippen LogP contribution in [0.3, 0.4) is 0 Å². The number of carbonyl (C=O) groups is 1. The number of anilines is 1. The Bertz CT molecular complexity index is 451. The maximum absolute atomic E-state index is 14.2. The van der Waals surface area contributed by atoms with E-state index in [1.807, 2.05) is 6.92 Å². The Kier molecular flexibility index (Phi) is 7.72. The van der Waals surface area contributed by atoms with Gasteiger partial charge in [0.05, 0.1) is 5.56 Å². The summed E-state index contributed by atoms with van der Waals surface area (Å²) in [6.07, 6.45) is 6.45. The van der Waals surface area contributed by atoms with Crippen molar-refractivity contribution in [2.75, 3.05) is 11.9 Å². The van der Waals surface area contributed by atoms with Crippen molar-refractivity contribution in [1.29, 1.82) is 0 Å². The van der Waals surface area contributed by atoms with Crippen LogP contribution in [0.2, 0.25) is 0 Å². The Morgan fingerprint density at radius 2 is 2.05 bits per heavy atom. The number of halogens is 1. The van der Waals surface area contributed by atoms with Crippen molar-refractivity contribution in [1.82, 2.24) is 10.3 Å². The van der Waals surface area contributed by atoms with Gasteiger partial charge < -0.3 is 10.6 Å². The van der Waals surface area contributed by atoms with Gasteiger partial charge in [0.2, 0.25) is 0 Å². The topological polar surface area (TPSA) is 54.0 Å². The Hall–Kier alpha value is -1.65. The predicted octanol–water partition coefficient (Wildman–Crippen LogP) is 3.74. The van der Waals surface area contributed by atoms with Crippen LogP contribution in [0.4, 0.5) is 10.2 Å². The van der Waals surface area contributed by atoms with Crippen molar-refractivity contribution >= 4 is 11.7 Å². The normalized spacial score (nSPS) is 12.0. The second-order valence-electron chi connectivity index (χ2n) is 5.15. The van der Waals surface area contributed by atoms with Gasteiger partial charge in [0.25, 0.3) is 5.91 Å². The highest BCUT2D eigenvalue weighted by Gasteiger charge is 2.18. The van der Waals surface area contributed by atoms with Crippen molar-refractivity contribution in [3.8, 4) is 0 Å². The fourth-order valence-corrected chi connectivity index (χ4v) is 2.26. The van der Waals surface area contributed by atoms with Gasteiger partial charge in [-0.1, -0.05) is 33.1 Å². The molecule has 1 aromatic heterocycles. The Morgan fingerprint density at radius 3 is 2.67 bits per heavy atom. The van der Waals surface area contributed by atoms with Gasteiger partial charge >= 0.3 is 0 Å². The highest BCUT2D eigenvalue weighted by Crippen LogP contribution is 2.16. The maximum Gasteiger partial charge on any atom is 0.254 e. The summed E-state index contributed by atoms with van der Waals surface area (Å²) in [5, 5.41) is 5.76. The minimum absolute atomic E-state index is 0.0542. The highest BCUT2D eigenvalue weighted by molar-refractivity contribution is 5.95. The van der Waals surface area contributed by atoms with Crippen molar-refractivity contribution < 1.29 is 9.18 Å². The third-order valence-corrected chi connectivity index (χ3v) is 3.36. The molecule has 1 aromatic rings. The Balaban J connectivity index is 2.79. The summed E-state index contributed by atoms with van der Waals surface area (Å²) in [5.74, 6) is -0.808. The van der Waals surface area contributed by atoms with E-state index in [-0.39, 0.29) is 23.3 Å². The minimum atomic E-state index is -0.581. The molecule has 1 amide bonds. The first-order valence-electron chi connectivity index (χ1n) is 7.83. The summed E-state index contributed by atoms with van der Waals surface area (Å²) in [6, 6.07) is 1.53. The first-order valence-corrected chi connectivity index (χ1v) is 7.83. The molecule has 0 spiro atoms. The van der Waals surface area contributed by atoms with E-state index < -0.39 is 5.82 Å². The molecule has 1 heterocycles. The third kappa shape index (κ3) is 5.33. The van der Waals surface area contributed by atoms with Crippen LogP contribution in [0, 0.1) is 5.82 Å². The van der Waals surface area contributed by atoms with E-state index in [1.165, 1.54) is 12.3 Å². The van der Waals surface area contributed by atoms with Crippen molar-refractivity contribution in [3.63, 3.8) is 0 Å². The van der Waals surface area contributed by atoms with Crippen LogP contribution in [-0.4, -0.2) is 23.5 Å². The van der Waals surface area contributed by atoms with Gasteiger partial charge in [0.15, 0.2) is 11.6 Å². The van der Waals surface area contributed by atoms with Gasteiger partial charge in [-0.3, -0.25) is 4.79 Å². The van der Waals surface area contributed by atoms with Crippen LogP contribution in [0.25, 0.3) is 0 Å². The highest BCUT2D eigenvalue weighted by atomic mass is 19.1. The minimum Gasteiger partial charge on any atom is -0.368 e. The quantitative estimate of drug-likeness (QED) is 0.729. The summed E-state index contributed by atoms with van der Waals surface area (Å²) < 4.78 is 14.2. The lowest BCUT2D eigenvalue weighted by molar-refractivity contribution is 0.0928. The van der Waals surface area contributed by atoms with E-state index in [1.54, 1.807) is 0 Å². The second kappa shape index (κ2) is 9.32. The van der Waals surface area contributed by atoms with Crippen LogP contribution in [0.5, 0.6) is 0 Å². The molecule has 1 atom stereocenters. The van der Waals surface area contributed by atoms with Crippen LogP contribution >= 0.6 is 0 Å². The third-order valence-electron chi connectivity index (χ3n) is 3.36. The van der Waals surface area contributed by atoms with Gasteiger partial charge in [-0.2, -0.15) is 0 Å². The molecule has 0 radical (unpaired) electrons. The van der Waals surface area contributed by atoms with Crippen LogP contribution in [0.15, 0.2) is 12.3 Å². The standard InChI is InChI=1S/C16H26FN3O/c1-4-7-9-12(8-5-2)20-16(21)13-10-11-19-15(14(13)17)18-6-3/h10-12H,4-9H2,1-3H3,(H,18,19)(H,20,21). The van der Waals surface area contributed by atoms with Crippen LogP contribution < -0.4 is 10.6 Å². The molecular weight excluding hydrogens is 269 g/mol. The summed E-state index contributed by atoms with van der Waals surface area (Å²) in [6.45, 7) is 6.62. The largest absolute Gasteiger partial charge is 0.368 e. The van der Waals surface area contributed by atoms with Crippen molar-refractivity contribution in [2.24, 2.45) is 0 Å². The van der Waals surface area contributed by atoms with Crippen LogP contribution in [-0.2, 0) is 0 Å². The molecule has 0 aliphatic heterocycles. The molecule has 0 aliphatic rings. The van der Waals surface area contributed by atoms with Crippen LogP contribution in [0.1, 0.15) is 63.2 Å². The number of carbonyl (C=O) groups excluding carboxylic acids is 1. The summed E-state index contributed by atoms with van der Waals surface area (Å²) in [5.41, 5.74) is 0.0542. The monoisotopic (exact) mass is 295 g/mol. The van der Waals surface area contributed by atoms with E-state index in [9.17, 15) is 9.18 Å². The zero-order valence-corrected chi connectivity index (χ0v) is 13.2. The summed E-state index contributed by atoms with van der Waals surface area (Å²) in [4.78, 5) is 16.2. The van der Waals surface area contributed by atoms with E-state index in [0.29, 0.717) is 6.54 Å². The molecule has 0 saturated heterocycles. The summed E-state index contributed by atoms with van der Waals surface area (Å²) >= 11 is 0. The molecule has 118 valence electrons. The summed E-state index contributed by atoms with van der Waals surface area (Å²) in [7, 11) is 0. The number of amides is 1. The lowest BCUT2D eigenvalue weighted by Crippen LogP contribution is -2.35. The number of rotatable bonds is 9. The van der Waals surface area contributed by atoms with E-state index >= 15 is 0 Å². The van der Waals surface area contributed by atoms with Gasteiger partial charge in [0, 0.05) is 18.8 Å². The molecular formula is C16H26FN3O. The molecule has 0 aromatic carbocycles. The lowest BCUT2D eigenvalue weighted by Gasteiger charge is -2.18. The number of hydrogen-bond acceptors (Lipinski definition) is 3. The van der Waals surface area contributed by atoms with Gasteiger partial charge in [-0.05, 0) is 25.8 Å². The van der Waals surface area contributed by atoms with E-state index in [0.717, 1.165) is 32.1 Å². The van der Waals surface area contributed by atoms with Gasteiger partial charge in [-0.15, -0.1) is 0 Å². The molecule has 0 saturated carbocycles. The van der Waals surface area contributed by atoms with Crippen molar-refractivity contribution in [2.45, 2.75) is 58.9 Å². The molecule has 0 aliphatic carbocycles. The molecule has 21 heavy (non-hydrogen) atoms. The fraction of sp³-hybridized carbons (Fsp3) is 0.625. The number of aromatic nitrogens is 1. The molecule has 0 bridgehead atoms. The number of nitrogens with one attached hydrogen (secondary N) is 2. The molecule has 1 rings (SSSR count). The van der Waals surface area contributed by atoms with Gasteiger partial charge in [0.1, 0.15) is 0 Å². The zero-order chi connectivity index (χ0) is 15.7. The molecule has 1 unspecified atom stereocenters. The maximum atomic E-state index is 14.2. The average molecular weight is 295 g/mol. The lowest BCUT2D eigenvalue weighted by atomic mass is 10.0. The number of hydrogen-bond donors (Lipinski definition) is 2. The molecule has 2 N–H and O–H groups in total. The smallest absolute Gasteiger partial charge is 0.254 e. The Morgan fingerprint density at radius 1 is 1.29 bits per heavy atom. The molecule has 5 heteroatoms. The zero-order valence-electron chi connectivity index (χ0n) is 13.2. The second-order valence-corrected chi connectivity index (χ2v) is 5.15. The molecule has 4 nitrogen and oxygen atoms in total. The Labute approximate surface area is 126 Å². The fourth-order valence-electron chi connectivity index (χ4n) is 2.26. The average Bonchev–Trinajstić information content (AvgIpc) is 2.47. The number of unbranched alkanes of at least 4 members (excludes halogenated alkanes) is 1. The van der Waals surface area contributed by atoms with E-state index in [4.69, 9.17) is 0 Å². The first kappa shape index (κ1) is 17.4. The molecule has 0 fully saturated rings. The first-order chi connectivity index (χ1) is 10.1. The van der Waals surface area contributed by atoms with Crippen molar-refractivity contribution in [3.05, 3.63) is 23.6 Å². The number of pyridine rings is 1. The SMILES string of the molecule is CCCCC(CCC)NC(=O)c1ccnc(NCC)c1F.